The van der Waals surface area contributed by atoms with E-state index in [1.54, 1.807) is 48.5 Å². The number of hydrogen-bond acceptors (Lipinski definition) is 5. The van der Waals surface area contributed by atoms with Crippen LogP contribution in [0.15, 0.2) is 77.7 Å². The first-order valence-electron chi connectivity index (χ1n) is 9.20. The Morgan fingerprint density at radius 2 is 1.65 bits per heavy atom. The first-order chi connectivity index (χ1) is 14.8. The number of carbonyl (C=O) groups excluding carboxylic acids is 1. The minimum atomic E-state index is -4.13. The maximum atomic E-state index is 13.3. The van der Waals surface area contributed by atoms with Gasteiger partial charge in [0, 0.05) is 6.07 Å². The third-order valence-electron chi connectivity index (χ3n) is 4.42. The zero-order chi connectivity index (χ0) is 22.4. The molecule has 0 atom stereocenters. The molecule has 0 bridgehead atoms. The number of carbonyl (C=O) groups is 1. The molecule has 162 valence electrons. The van der Waals surface area contributed by atoms with Gasteiger partial charge in [0.1, 0.15) is 23.9 Å². The van der Waals surface area contributed by atoms with Gasteiger partial charge in [-0.15, -0.1) is 0 Å². The zero-order valence-electron chi connectivity index (χ0n) is 16.9. The van der Waals surface area contributed by atoms with Crippen molar-refractivity contribution >= 4 is 27.3 Å². The minimum absolute atomic E-state index is 0.132. The van der Waals surface area contributed by atoms with Gasteiger partial charge in [-0.2, -0.15) is 0 Å². The summed E-state index contributed by atoms with van der Waals surface area (Å²) in [6, 6.07) is 17.4. The number of nitrogens with one attached hydrogen (secondary N) is 1. The van der Waals surface area contributed by atoms with Crippen molar-refractivity contribution in [3.63, 3.8) is 0 Å². The molecule has 3 aromatic carbocycles. The summed E-state index contributed by atoms with van der Waals surface area (Å²) in [6.45, 7) is -0.501. The molecule has 0 aliphatic rings. The maximum absolute atomic E-state index is 13.3. The van der Waals surface area contributed by atoms with Gasteiger partial charge in [0.25, 0.3) is 10.0 Å². The predicted octanol–water partition coefficient (Wildman–Crippen LogP) is 3.68. The Morgan fingerprint density at radius 3 is 2.26 bits per heavy atom. The van der Waals surface area contributed by atoms with Crippen LogP contribution >= 0.6 is 0 Å². The highest BCUT2D eigenvalue weighted by Crippen LogP contribution is 2.29. The van der Waals surface area contributed by atoms with Crippen LogP contribution < -0.4 is 19.1 Å². The number of amides is 1. The van der Waals surface area contributed by atoms with E-state index < -0.39 is 28.3 Å². The van der Waals surface area contributed by atoms with Gasteiger partial charge in [-0.1, -0.05) is 18.2 Å². The van der Waals surface area contributed by atoms with Gasteiger partial charge in [-0.25, -0.2) is 12.8 Å². The summed E-state index contributed by atoms with van der Waals surface area (Å²) in [4.78, 5) is 12.7. The first kappa shape index (κ1) is 22.1. The van der Waals surface area contributed by atoms with E-state index in [0.717, 1.165) is 28.6 Å². The van der Waals surface area contributed by atoms with Crippen molar-refractivity contribution < 1.29 is 27.1 Å². The zero-order valence-corrected chi connectivity index (χ0v) is 17.7. The van der Waals surface area contributed by atoms with Gasteiger partial charge in [0.2, 0.25) is 5.91 Å². The van der Waals surface area contributed by atoms with Crippen LogP contribution in [-0.2, 0) is 14.8 Å². The lowest BCUT2D eigenvalue weighted by Gasteiger charge is -2.24. The second-order valence-electron chi connectivity index (χ2n) is 6.42. The van der Waals surface area contributed by atoms with Crippen LogP contribution in [0.3, 0.4) is 0 Å². The number of rotatable bonds is 8. The topological polar surface area (TPSA) is 84.9 Å². The SMILES string of the molecule is COc1ccc(NC(=O)CN(c2ccccc2)S(=O)(=O)c2ccc(F)cc2)c(OC)c1. The van der Waals surface area contributed by atoms with Crippen LogP contribution in [0.2, 0.25) is 0 Å². The van der Waals surface area contributed by atoms with Gasteiger partial charge in [0.15, 0.2) is 0 Å². The Bertz CT molecular complexity index is 1150. The Labute approximate surface area is 180 Å². The first-order valence-corrected chi connectivity index (χ1v) is 10.6. The molecular formula is C22H21FN2O5S. The summed E-state index contributed by atoms with van der Waals surface area (Å²) in [5.74, 6) is -0.243. The lowest BCUT2D eigenvalue weighted by atomic mass is 10.2. The average Bonchev–Trinajstić information content (AvgIpc) is 2.78. The average molecular weight is 444 g/mol. The highest BCUT2D eigenvalue weighted by Gasteiger charge is 2.27. The standard InChI is InChI=1S/C22H21FN2O5S/c1-29-18-10-13-20(21(14-18)30-2)24-22(26)15-25(17-6-4-3-5-7-17)31(27,28)19-11-8-16(23)9-12-19/h3-14H,15H2,1-2H3,(H,24,26). The van der Waals surface area contributed by atoms with Crippen molar-refractivity contribution in [2.45, 2.75) is 4.90 Å². The van der Waals surface area contributed by atoms with Gasteiger partial charge in [-0.05, 0) is 48.5 Å². The van der Waals surface area contributed by atoms with Crippen molar-refractivity contribution in [3.05, 3.63) is 78.6 Å². The molecule has 0 radical (unpaired) electrons. The summed E-state index contributed by atoms with van der Waals surface area (Å²) < 4.78 is 51.1. The molecule has 9 heteroatoms. The van der Waals surface area contributed by atoms with Crippen molar-refractivity contribution in [2.24, 2.45) is 0 Å². The highest BCUT2D eigenvalue weighted by atomic mass is 32.2. The molecule has 0 spiro atoms. The molecule has 0 heterocycles. The number of hydrogen-bond donors (Lipinski definition) is 1. The smallest absolute Gasteiger partial charge is 0.264 e. The van der Waals surface area contributed by atoms with Crippen molar-refractivity contribution in [1.29, 1.82) is 0 Å². The van der Waals surface area contributed by atoms with E-state index in [4.69, 9.17) is 9.47 Å². The van der Waals surface area contributed by atoms with E-state index in [1.807, 2.05) is 0 Å². The molecular weight excluding hydrogens is 423 g/mol. The van der Waals surface area contributed by atoms with E-state index in [9.17, 15) is 17.6 Å². The molecule has 1 amide bonds. The molecule has 0 aromatic heterocycles. The number of sulfonamides is 1. The molecule has 0 fully saturated rings. The third-order valence-corrected chi connectivity index (χ3v) is 6.20. The van der Waals surface area contributed by atoms with Gasteiger partial charge in [-0.3, -0.25) is 9.10 Å². The Balaban J connectivity index is 1.91. The molecule has 3 rings (SSSR count). The molecule has 0 saturated carbocycles. The highest BCUT2D eigenvalue weighted by molar-refractivity contribution is 7.92. The third kappa shape index (κ3) is 5.13. The monoisotopic (exact) mass is 444 g/mol. The lowest BCUT2D eigenvalue weighted by molar-refractivity contribution is -0.114. The van der Waals surface area contributed by atoms with Crippen LogP contribution in [0.1, 0.15) is 0 Å². The minimum Gasteiger partial charge on any atom is -0.497 e. The molecule has 0 aliphatic heterocycles. The normalized spacial score (nSPS) is 10.9. The second kappa shape index (κ2) is 9.48. The maximum Gasteiger partial charge on any atom is 0.264 e. The molecule has 7 nitrogen and oxygen atoms in total. The van der Waals surface area contributed by atoms with Crippen LogP contribution in [0.4, 0.5) is 15.8 Å². The fourth-order valence-corrected chi connectivity index (χ4v) is 4.29. The van der Waals surface area contributed by atoms with Crippen molar-refractivity contribution in [2.75, 3.05) is 30.4 Å². The summed E-state index contributed by atoms with van der Waals surface area (Å²) in [5, 5.41) is 2.66. The summed E-state index contributed by atoms with van der Waals surface area (Å²) in [6.07, 6.45) is 0. The number of nitrogens with zero attached hydrogens (tertiary/aromatic N) is 1. The fourth-order valence-electron chi connectivity index (χ4n) is 2.87. The lowest BCUT2D eigenvalue weighted by Crippen LogP contribution is -2.38. The number of methoxy groups -OCH3 is 2. The Morgan fingerprint density at radius 1 is 0.968 bits per heavy atom. The van der Waals surface area contributed by atoms with Crippen molar-refractivity contribution in [1.82, 2.24) is 0 Å². The number of benzene rings is 3. The van der Waals surface area contributed by atoms with E-state index in [-0.39, 0.29) is 4.90 Å². The van der Waals surface area contributed by atoms with Crippen molar-refractivity contribution in [3.8, 4) is 11.5 Å². The van der Waals surface area contributed by atoms with Crippen LogP contribution in [0.5, 0.6) is 11.5 Å². The summed E-state index contributed by atoms with van der Waals surface area (Å²) in [5.41, 5.74) is 0.657. The molecule has 1 N–H and O–H groups in total. The van der Waals surface area contributed by atoms with Gasteiger partial charge in [0.05, 0.1) is 30.5 Å². The largest absolute Gasteiger partial charge is 0.497 e. The summed E-state index contributed by atoms with van der Waals surface area (Å²) in [7, 11) is -1.18. The number of anilines is 2. The number of ether oxygens (including phenoxy) is 2. The number of para-hydroxylation sites is 1. The predicted molar refractivity (Wildman–Crippen MR) is 116 cm³/mol. The van der Waals surface area contributed by atoms with E-state index in [1.165, 1.54) is 14.2 Å². The molecule has 0 aliphatic carbocycles. The molecule has 31 heavy (non-hydrogen) atoms. The van der Waals surface area contributed by atoms with Crippen LogP contribution in [0, 0.1) is 5.82 Å². The second-order valence-corrected chi connectivity index (χ2v) is 8.28. The van der Waals surface area contributed by atoms with E-state index in [0.29, 0.717) is 22.9 Å². The molecule has 3 aromatic rings. The van der Waals surface area contributed by atoms with Crippen LogP contribution in [-0.4, -0.2) is 35.1 Å². The van der Waals surface area contributed by atoms with E-state index >= 15 is 0 Å². The number of halogens is 1. The van der Waals surface area contributed by atoms with Gasteiger partial charge >= 0.3 is 0 Å². The molecule has 0 unspecified atom stereocenters. The van der Waals surface area contributed by atoms with Crippen LogP contribution in [0.25, 0.3) is 0 Å². The van der Waals surface area contributed by atoms with Gasteiger partial charge < -0.3 is 14.8 Å². The molecule has 0 saturated heterocycles. The summed E-state index contributed by atoms with van der Waals surface area (Å²) >= 11 is 0. The Kier molecular flexibility index (Phi) is 6.76. The quantitative estimate of drug-likeness (QED) is 0.573. The fraction of sp³-hybridized carbons (Fsp3) is 0.136. The Hall–Kier alpha value is -3.59. The van der Waals surface area contributed by atoms with E-state index in [2.05, 4.69) is 5.32 Å².